The van der Waals surface area contributed by atoms with Gasteiger partial charge < -0.3 is 20.2 Å². The Bertz CT molecular complexity index is 1360. The predicted octanol–water partition coefficient (Wildman–Crippen LogP) is 2.61. The number of hydrogen-bond acceptors (Lipinski definition) is 6. The molecule has 3 heterocycles. The summed E-state index contributed by atoms with van der Waals surface area (Å²) in [6.07, 6.45) is 0. The summed E-state index contributed by atoms with van der Waals surface area (Å²) in [6, 6.07) is 9.88. The molecule has 4 aromatic rings. The molecule has 0 bridgehead atoms. The fourth-order valence-electron chi connectivity index (χ4n) is 4.06. The van der Waals surface area contributed by atoms with E-state index in [1.807, 2.05) is 19.1 Å². The maximum absolute atomic E-state index is 13.8. The second-order valence-electron chi connectivity index (χ2n) is 7.92. The number of nitrogens with two attached hydrogens (primary N) is 1. The molecule has 1 saturated heterocycles. The fourth-order valence-corrected chi connectivity index (χ4v) is 4.06. The molecular formula is C23H24FN5O3. The van der Waals surface area contributed by atoms with E-state index in [4.69, 9.17) is 15.2 Å². The van der Waals surface area contributed by atoms with E-state index >= 15 is 0 Å². The van der Waals surface area contributed by atoms with Gasteiger partial charge in [0, 0.05) is 31.1 Å². The topological polar surface area (TPSA) is 98.4 Å². The number of hydrogen-bond donors (Lipinski definition) is 2. The van der Waals surface area contributed by atoms with Crippen LogP contribution >= 0.6 is 0 Å². The zero-order valence-electron chi connectivity index (χ0n) is 17.7. The van der Waals surface area contributed by atoms with Gasteiger partial charge in [0.1, 0.15) is 34.9 Å². The van der Waals surface area contributed by atoms with E-state index < -0.39 is 5.82 Å². The van der Waals surface area contributed by atoms with Crippen LogP contribution in [0.15, 0.2) is 41.2 Å². The lowest BCUT2D eigenvalue weighted by atomic mass is 10.1. The molecule has 8 nitrogen and oxygen atoms in total. The molecule has 0 saturated carbocycles. The number of anilines is 1. The normalized spacial score (nSPS) is 14.9. The maximum Gasteiger partial charge on any atom is 0.261 e. The Kier molecular flexibility index (Phi) is 5.28. The number of ether oxygens (including phenoxy) is 2. The van der Waals surface area contributed by atoms with Crippen molar-refractivity contribution >= 4 is 27.6 Å². The van der Waals surface area contributed by atoms with Gasteiger partial charge in [-0.05, 0) is 36.8 Å². The van der Waals surface area contributed by atoms with Crippen LogP contribution < -0.4 is 16.0 Å². The van der Waals surface area contributed by atoms with Crippen molar-refractivity contribution in [1.82, 2.24) is 19.7 Å². The lowest BCUT2D eigenvalue weighted by Crippen LogP contribution is -2.38. The summed E-state index contributed by atoms with van der Waals surface area (Å²) in [5, 5.41) is 5.59. The lowest BCUT2D eigenvalue weighted by Gasteiger charge is -2.26. The summed E-state index contributed by atoms with van der Waals surface area (Å²) in [4.78, 5) is 18.0. The molecule has 2 aromatic heterocycles. The standard InChI is InChI=1S/C23H24FN5O3/c1-14-2-3-15(24)12-19(14)29-22(25)20-21(27-29)17-5-4-16(13-18(17)26-23(20)30)32-11-8-28-6-9-31-10-7-28/h2-5,12-13H,6-11,25H2,1H3,(H,26,30). The van der Waals surface area contributed by atoms with Gasteiger partial charge in [-0.1, -0.05) is 6.07 Å². The number of rotatable bonds is 5. The average Bonchev–Trinajstić information content (AvgIpc) is 3.14. The van der Waals surface area contributed by atoms with Gasteiger partial charge in [0.25, 0.3) is 5.56 Å². The molecule has 1 aliphatic heterocycles. The smallest absolute Gasteiger partial charge is 0.261 e. The molecule has 5 rings (SSSR count). The predicted molar refractivity (Wildman–Crippen MR) is 121 cm³/mol. The van der Waals surface area contributed by atoms with E-state index in [1.54, 1.807) is 12.1 Å². The number of halogens is 1. The summed E-state index contributed by atoms with van der Waals surface area (Å²) < 4.78 is 26.5. The number of H-pyrrole nitrogens is 1. The minimum Gasteiger partial charge on any atom is -0.492 e. The Morgan fingerprint density at radius 2 is 2.03 bits per heavy atom. The van der Waals surface area contributed by atoms with Crippen molar-refractivity contribution < 1.29 is 13.9 Å². The van der Waals surface area contributed by atoms with Crippen molar-refractivity contribution in [3.8, 4) is 11.4 Å². The summed E-state index contributed by atoms with van der Waals surface area (Å²) in [5.41, 5.74) is 8.27. The molecule has 1 fully saturated rings. The van der Waals surface area contributed by atoms with Gasteiger partial charge in [0.05, 0.1) is 24.4 Å². The van der Waals surface area contributed by atoms with E-state index in [-0.39, 0.29) is 16.8 Å². The second kappa shape index (κ2) is 8.25. The van der Waals surface area contributed by atoms with Crippen LogP contribution in [0.5, 0.6) is 5.75 Å². The summed E-state index contributed by atoms with van der Waals surface area (Å²) in [6.45, 7) is 6.49. The lowest BCUT2D eigenvalue weighted by molar-refractivity contribution is 0.0322. The SMILES string of the molecule is Cc1ccc(F)cc1-n1nc2c(c1N)c(=O)[nH]c1cc(OCCN3CCOCC3)ccc12. The van der Waals surface area contributed by atoms with Crippen LogP contribution in [-0.4, -0.2) is 59.1 Å². The Labute approximate surface area is 183 Å². The molecule has 0 radical (unpaired) electrons. The first-order valence-corrected chi connectivity index (χ1v) is 10.5. The third kappa shape index (κ3) is 3.69. The minimum atomic E-state index is -0.401. The van der Waals surface area contributed by atoms with Gasteiger partial charge in [-0.25, -0.2) is 9.07 Å². The molecule has 2 aromatic carbocycles. The van der Waals surface area contributed by atoms with Crippen LogP contribution in [0.1, 0.15) is 5.56 Å². The van der Waals surface area contributed by atoms with Gasteiger partial charge >= 0.3 is 0 Å². The highest BCUT2D eigenvalue weighted by molar-refractivity contribution is 6.07. The van der Waals surface area contributed by atoms with Gasteiger partial charge in [-0.2, -0.15) is 5.10 Å². The number of fused-ring (bicyclic) bond motifs is 3. The van der Waals surface area contributed by atoms with Gasteiger partial charge in [-0.3, -0.25) is 9.69 Å². The van der Waals surface area contributed by atoms with Gasteiger partial charge in [-0.15, -0.1) is 0 Å². The van der Waals surface area contributed by atoms with Crippen molar-refractivity contribution in [2.75, 3.05) is 45.2 Å². The Balaban J connectivity index is 1.49. The van der Waals surface area contributed by atoms with Gasteiger partial charge in [0.2, 0.25) is 0 Å². The highest BCUT2D eigenvalue weighted by Gasteiger charge is 2.18. The number of benzene rings is 2. The monoisotopic (exact) mass is 437 g/mol. The Hall–Kier alpha value is -3.43. The molecule has 0 atom stereocenters. The van der Waals surface area contributed by atoms with E-state index in [2.05, 4.69) is 15.0 Å². The van der Waals surface area contributed by atoms with Crippen LogP contribution in [0.4, 0.5) is 10.2 Å². The van der Waals surface area contributed by atoms with Crippen LogP contribution in [0, 0.1) is 12.7 Å². The van der Waals surface area contributed by atoms with Crippen LogP contribution in [0.3, 0.4) is 0 Å². The van der Waals surface area contributed by atoms with E-state index in [0.29, 0.717) is 29.1 Å². The van der Waals surface area contributed by atoms with Gasteiger partial charge in [0.15, 0.2) is 0 Å². The molecule has 0 spiro atoms. The van der Waals surface area contributed by atoms with E-state index in [9.17, 15) is 9.18 Å². The van der Waals surface area contributed by atoms with Crippen molar-refractivity contribution in [3.05, 3.63) is 58.1 Å². The molecule has 166 valence electrons. The molecule has 3 N–H and O–H groups in total. The molecule has 9 heteroatoms. The Morgan fingerprint density at radius 1 is 1.22 bits per heavy atom. The number of aromatic nitrogens is 3. The molecule has 1 aliphatic rings. The molecule has 0 aliphatic carbocycles. The summed E-state index contributed by atoms with van der Waals surface area (Å²) in [7, 11) is 0. The van der Waals surface area contributed by atoms with E-state index in [1.165, 1.54) is 16.8 Å². The summed E-state index contributed by atoms with van der Waals surface area (Å²) in [5.74, 6) is 0.430. The van der Waals surface area contributed by atoms with E-state index in [0.717, 1.165) is 43.8 Å². The number of nitrogens with one attached hydrogen (secondary N) is 1. The Morgan fingerprint density at radius 3 is 2.84 bits per heavy atom. The third-order valence-electron chi connectivity index (χ3n) is 5.82. The minimum absolute atomic E-state index is 0.169. The zero-order valence-corrected chi connectivity index (χ0v) is 17.7. The highest BCUT2D eigenvalue weighted by atomic mass is 19.1. The fraction of sp³-hybridized carbons (Fsp3) is 0.304. The van der Waals surface area contributed by atoms with Crippen molar-refractivity contribution in [2.45, 2.75) is 6.92 Å². The highest BCUT2D eigenvalue weighted by Crippen LogP contribution is 2.29. The van der Waals surface area contributed by atoms with Crippen LogP contribution in [0.25, 0.3) is 27.5 Å². The van der Waals surface area contributed by atoms with Crippen LogP contribution in [0.2, 0.25) is 0 Å². The second-order valence-corrected chi connectivity index (χ2v) is 7.92. The first-order chi connectivity index (χ1) is 15.5. The van der Waals surface area contributed by atoms with Crippen molar-refractivity contribution in [2.24, 2.45) is 0 Å². The third-order valence-corrected chi connectivity index (χ3v) is 5.82. The van der Waals surface area contributed by atoms with Crippen LogP contribution in [-0.2, 0) is 4.74 Å². The average molecular weight is 437 g/mol. The first-order valence-electron chi connectivity index (χ1n) is 10.5. The zero-order chi connectivity index (χ0) is 22.2. The molecule has 0 unspecified atom stereocenters. The number of morpholine rings is 1. The molecule has 0 amide bonds. The number of aryl methyl sites for hydroxylation is 1. The number of nitrogens with zero attached hydrogens (tertiary/aromatic N) is 3. The summed E-state index contributed by atoms with van der Waals surface area (Å²) >= 11 is 0. The number of aromatic amines is 1. The van der Waals surface area contributed by atoms with Crippen molar-refractivity contribution in [3.63, 3.8) is 0 Å². The molecular weight excluding hydrogens is 413 g/mol. The molecule has 32 heavy (non-hydrogen) atoms. The maximum atomic E-state index is 13.8. The van der Waals surface area contributed by atoms with Crippen molar-refractivity contribution in [1.29, 1.82) is 0 Å². The first kappa shape index (κ1) is 20.5. The number of nitrogen functional groups attached to an aromatic ring is 1. The largest absolute Gasteiger partial charge is 0.492 e. The quantitative estimate of drug-likeness (QED) is 0.498. The number of pyridine rings is 1.